The predicted octanol–water partition coefficient (Wildman–Crippen LogP) is 1.56. The van der Waals surface area contributed by atoms with Gasteiger partial charge in [-0.25, -0.2) is 4.98 Å². The molecule has 1 aromatic heterocycles. The molecule has 0 spiro atoms. The number of nitrogens with one attached hydrogen (secondary N) is 1. The molecule has 0 fully saturated rings. The highest BCUT2D eigenvalue weighted by atomic mass is 16.6. The van der Waals surface area contributed by atoms with E-state index < -0.39 is 0 Å². The first kappa shape index (κ1) is 12.3. The zero-order chi connectivity index (χ0) is 13.0. The number of rotatable bonds is 5. The highest BCUT2D eigenvalue weighted by Crippen LogP contribution is 2.18. The van der Waals surface area contributed by atoms with E-state index in [0.29, 0.717) is 18.7 Å². The van der Waals surface area contributed by atoms with E-state index in [1.54, 1.807) is 24.5 Å². The summed E-state index contributed by atoms with van der Waals surface area (Å²) in [5.74, 6) is 0. The topological polar surface area (TPSA) is 73.0 Å². The minimum atomic E-state index is -0.360. The quantitative estimate of drug-likeness (QED) is 0.641. The second-order valence-electron chi connectivity index (χ2n) is 3.95. The van der Waals surface area contributed by atoms with Crippen molar-refractivity contribution in [2.24, 2.45) is 0 Å². The molecule has 0 aliphatic rings. The fraction of sp³-hybridized carbons (Fsp3) is 0.250. The molecule has 0 aliphatic carbocycles. The van der Waals surface area contributed by atoms with Crippen molar-refractivity contribution in [3.8, 4) is 0 Å². The highest BCUT2D eigenvalue weighted by Gasteiger charge is 2.12. The molecular formula is C12H14N4O2. The van der Waals surface area contributed by atoms with Crippen LogP contribution in [0, 0.1) is 10.1 Å². The number of aromatic nitrogens is 2. The molecule has 6 nitrogen and oxygen atoms in total. The second kappa shape index (κ2) is 5.42. The van der Waals surface area contributed by atoms with Crippen LogP contribution in [-0.4, -0.2) is 21.5 Å². The monoisotopic (exact) mass is 246 g/mol. The van der Waals surface area contributed by atoms with Crippen molar-refractivity contribution in [2.75, 3.05) is 7.05 Å². The maximum Gasteiger partial charge on any atom is 0.274 e. The summed E-state index contributed by atoms with van der Waals surface area (Å²) in [4.78, 5) is 14.7. The van der Waals surface area contributed by atoms with Crippen LogP contribution >= 0.6 is 0 Å². The first-order valence-corrected chi connectivity index (χ1v) is 5.58. The Hall–Kier alpha value is -2.21. The molecule has 0 bridgehead atoms. The molecule has 0 aliphatic heterocycles. The minimum absolute atomic E-state index is 0.140. The molecule has 0 unspecified atom stereocenters. The van der Waals surface area contributed by atoms with Gasteiger partial charge in [-0.15, -0.1) is 0 Å². The number of para-hydroxylation sites is 1. The van der Waals surface area contributed by atoms with Gasteiger partial charge in [0, 0.05) is 24.4 Å². The summed E-state index contributed by atoms with van der Waals surface area (Å²) in [5, 5.41) is 13.9. The molecule has 1 heterocycles. The number of nitro benzene ring substituents is 1. The molecular weight excluding hydrogens is 232 g/mol. The van der Waals surface area contributed by atoms with Crippen LogP contribution in [-0.2, 0) is 13.1 Å². The zero-order valence-electron chi connectivity index (χ0n) is 10.0. The molecule has 0 amide bonds. The summed E-state index contributed by atoms with van der Waals surface area (Å²) in [6.07, 6.45) is 3.57. The second-order valence-corrected chi connectivity index (χ2v) is 3.95. The van der Waals surface area contributed by atoms with Crippen LogP contribution in [0.5, 0.6) is 0 Å². The number of nitrogens with zero attached hydrogens (tertiary/aromatic N) is 3. The van der Waals surface area contributed by atoms with Crippen LogP contribution in [0.1, 0.15) is 11.3 Å². The Balaban J connectivity index is 2.20. The molecule has 1 aromatic carbocycles. The fourth-order valence-corrected chi connectivity index (χ4v) is 1.78. The lowest BCUT2D eigenvalue weighted by Crippen LogP contribution is -2.05. The third kappa shape index (κ3) is 2.72. The van der Waals surface area contributed by atoms with Crippen LogP contribution in [0.4, 0.5) is 5.69 Å². The lowest BCUT2D eigenvalue weighted by atomic mass is 10.2. The molecule has 2 rings (SSSR count). The molecule has 18 heavy (non-hydrogen) atoms. The Labute approximate surface area is 104 Å². The summed E-state index contributed by atoms with van der Waals surface area (Å²) in [7, 11) is 1.85. The number of hydrogen-bond donors (Lipinski definition) is 1. The van der Waals surface area contributed by atoms with E-state index >= 15 is 0 Å². The summed E-state index contributed by atoms with van der Waals surface area (Å²) < 4.78 is 1.84. The average Bonchev–Trinajstić information content (AvgIpc) is 2.77. The van der Waals surface area contributed by atoms with Crippen molar-refractivity contribution in [1.82, 2.24) is 14.9 Å². The van der Waals surface area contributed by atoms with Gasteiger partial charge in [-0.05, 0) is 7.05 Å². The Bertz CT molecular complexity index is 551. The fourth-order valence-electron chi connectivity index (χ4n) is 1.78. The molecule has 2 aromatic rings. The van der Waals surface area contributed by atoms with Crippen molar-refractivity contribution >= 4 is 5.69 Å². The van der Waals surface area contributed by atoms with Crippen molar-refractivity contribution in [3.63, 3.8) is 0 Å². The third-order valence-corrected chi connectivity index (χ3v) is 2.59. The SMILES string of the molecule is CNCc1cn(Cc2ccccc2[N+](=O)[O-])cn1. The first-order valence-electron chi connectivity index (χ1n) is 5.58. The molecule has 0 radical (unpaired) electrons. The van der Waals surface area contributed by atoms with E-state index in [1.807, 2.05) is 17.8 Å². The first-order chi connectivity index (χ1) is 8.70. The maximum atomic E-state index is 10.9. The van der Waals surface area contributed by atoms with E-state index in [9.17, 15) is 10.1 Å². The van der Waals surface area contributed by atoms with E-state index in [2.05, 4.69) is 10.3 Å². The number of hydrogen-bond acceptors (Lipinski definition) is 4. The van der Waals surface area contributed by atoms with Gasteiger partial charge in [0.05, 0.1) is 23.5 Å². The van der Waals surface area contributed by atoms with Crippen molar-refractivity contribution in [2.45, 2.75) is 13.1 Å². The van der Waals surface area contributed by atoms with Crippen molar-refractivity contribution < 1.29 is 4.92 Å². The summed E-state index contributed by atoms with van der Waals surface area (Å²) in [6.45, 7) is 1.14. The van der Waals surface area contributed by atoms with Gasteiger partial charge in [-0.2, -0.15) is 0 Å². The van der Waals surface area contributed by atoms with Crippen LogP contribution in [0.25, 0.3) is 0 Å². The number of benzene rings is 1. The minimum Gasteiger partial charge on any atom is -0.332 e. The standard InChI is InChI=1S/C12H14N4O2/c1-13-6-11-8-15(9-14-11)7-10-4-2-3-5-12(10)16(17)18/h2-5,8-9,13H,6-7H2,1H3. The normalized spacial score (nSPS) is 10.5. The van der Waals surface area contributed by atoms with Gasteiger partial charge < -0.3 is 9.88 Å². The Morgan fingerprint density at radius 1 is 1.44 bits per heavy atom. The van der Waals surface area contributed by atoms with Gasteiger partial charge in [-0.3, -0.25) is 10.1 Å². The summed E-state index contributed by atoms with van der Waals surface area (Å²) in [5.41, 5.74) is 1.73. The lowest BCUT2D eigenvalue weighted by Gasteiger charge is -2.03. The van der Waals surface area contributed by atoms with Crippen LogP contribution in [0.2, 0.25) is 0 Å². The molecule has 0 saturated heterocycles. The van der Waals surface area contributed by atoms with Gasteiger partial charge in [-0.1, -0.05) is 18.2 Å². The average molecular weight is 246 g/mol. The van der Waals surface area contributed by atoms with Crippen LogP contribution < -0.4 is 5.32 Å². The van der Waals surface area contributed by atoms with E-state index in [4.69, 9.17) is 0 Å². The van der Waals surface area contributed by atoms with E-state index in [0.717, 1.165) is 5.69 Å². The molecule has 0 saturated carbocycles. The lowest BCUT2D eigenvalue weighted by molar-refractivity contribution is -0.385. The summed E-state index contributed by atoms with van der Waals surface area (Å²) >= 11 is 0. The largest absolute Gasteiger partial charge is 0.332 e. The van der Waals surface area contributed by atoms with Crippen molar-refractivity contribution in [1.29, 1.82) is 0 Å². The van der Waals surface area contributed by atoms with Crippen LogP contribution in [0.3, 0.4) is 0 Å². The van der Waals surface area contributed by atoms with Gasteiger partial charge in [0.25, 0.3) is 5.69 Å². The number of nitro groups is 1. The van der Waals surface area contributed by atoms with Crippen molar-refractivity contribution in [3.05, 3.63) is 58.2 Å². The number of imidazole rings is 1. The molecule has 1 N–H and O–H groups in total. The Morgan fingerprint density at radius 2 is 2.22 bits per heavy atom. The Morgan fingerprint density at radius 3 is 2.94 bits per heavy atom. The molecule has 6 heteroatoms. The molecule has 0 atom stereocenters. The maximum absolute atomic E-state index is 10.9. The highest BCUT2D eigenvalue weighted by molar-refractivity contribution is 5.39. The van der Waals surface area contributed by atoms with E-state index in [1.165, 1.54) is 6.07 Å². The summed E-state index contributed by atoms with van der Waals surface area (Å²) in [6, 6.07) is 6.74. The predicted molar refractivity (Wildman–Crippen MR) is 67.2 cm³/mol. The smallest absolute Gasteiger partial charge is 0.274 e. The zero-order valence-corrected chi connectivity index (χ0v) is 10.0. The van der Waals surface area contributed by atoms with Crippen LogP contribution in [0.15, 0.2) is 36.8 Å². The van der Waals surface area contributed by atoms with Gasteiger partial charge in [0.1, 0.15) is 0 Å². The molecule has 94 valence electrons. The van der Waals surface area contributed by atoms with Gasteiger partial charge >= 0.3 is 0 Å². The van der Waals surface area contributed by atoms with E-state index in [-0.39, 0.29) is 10.6 Å². The van der Waals surface area contributed by atoms with Gasteiger partial charge in [0.2, 0.25) is 0 Å². The third-order valence-electron chi connectivity index (χ3n) is 2.59. The van der Waals surface area contributed by atoms with Gasteiger partial charge in [0.15, 0.2) is 0 Å². The Kier molecular flexibility index (Phi) is 3.69.